The van der Waals surface area contributed by atoms with Gasteiger partial charge in [0.05, 0.1) is 5.69 Å². The van der Waals surface area contributed by atoms with Gasteiger partial charge in [-0.25, -0.2) is 9.38 Å². The number of halogens is 1. The van der Waals surface area contributed by atoms with Crippen LogP contribution in [0, 0.1) is 0 Å². The summed E-state index contributed by atoms with van der Waals surface area (Å²) in [5, 5.41) is 3.13. The van der Waals surface area contributed by atoms with Gasteiger partial charge in [-0.1, -0.05) is 12.1 Å². The van der Waals surface area contributed by atoms with Crippen molar-refractivity contribution in [2.75, 3.05) is 13.6 Å². The van der Waals surface area contributed by atoms with Gasteiger partial charge in [-0.15, -0.1) is 0 Å². The van der Waals surface area contributed by atoms with Gasteiger partial charge in [0.15, 0.2) is 5.67 Å². The number of rotatable bonds is 3. The molecule has 1 aliphatic carbocycles. The SMILES string of the molecule is CNCCc1ccc2c(c1)N=C(N)[C@]1(F)CCC[C@H]21. The molecule has 3 N–H and O–H groups in total. The van der Waals surface area contributed by atoms with E-state index in [1.54, 1.807) is 0 Å². The molecule has 0 bridgehead atoms. The number of nitrogens with one attached hydrogen (secondary N) is 1. The Kier molecular flexibility index (Phi) is 3.05. The molecule has 2 aliphatic rings. The molecule has 1 saturated carbocycles. The summed E-state index contributed by atoms with van der Waals surface area (Å²) in [6.07, 6.45) is 3.21. The minimum atomic E-state index is -1.40. The summed E-state index contributed by atoms with van der Waals surface area (Å²) < 4.78 is 14.9. The highest BCUT2D eigenvalue weighted by Gasteiger charge is 2.50. The van der Waals surface area contributed by atoms with Crippen molar-refractivity contribution in [1.29, 1.82) is 0 Å². The smallest absolute Gasteiger partial charge is 0.174 e. The Bertz CT molecular complexity index is 526. The van der Waals surface area contributed by atoms with Crippen molar-refractivity contribution in [1.82, 2.24) is 5.32 Å². The third kappa shape index (κ3) is 1.94. The van der Waals surface area contributed by atoms with Gasteiger partial charge in [-0.05, 0) is 56.5 Å². The van der Waals surface area contributed by atoms with Crippen molar-refractivity contribution < 1.29 is 4.39 Å². The van der Waals surface area contributed by atoms with Gasteiger partial charge in [0.2, 0.25) is 0 Å². The van der Waals surface area contributed by atoms with Crippen molar-refractivity contribution in [2.45, 2.75) is 37.3 Å². The third-order valence-electron chi connectivity index (χ3n) is 4.39. The van der Waals surface area contributed by atoms with E-state index in [2.05, 4.69) is 22.4 Å². The van der Waals surface area contributed by atoms with Gasteiger partial charge in [0.25, 0.3) is 0 Å². The van der Waals surface area contributed by atoms with E-state index in [1.165, 1.54) is 5.56 Å². The summed E-state index contributed by atoms with van der Waals surface area (Å²) in [5.74, 6) is 0.0756. The molecule has 3 nitrogen and oxygen atoms in total. The van der Waals surface area contributed by atoms with Gasteiger partial charge in [0, 0.05) is 5.92 Å². The van der Waals surface area contributed by atoms with Crippen LogP contribution >= 0.6 is 0 Å². The molecule has 1 aliphatic heterocycles. The molecule has 4 heteroatoms. The van der Waals surface area contributed by atoms with Crippen LogP contribution in [-0.2, 0) is 6.42 Å². The van der Waals surface area contributed by atoms with Crippen molar-refractivity contribution >= 4 is 11.5 Å². The van der Waals surface area contributed by atoms with Crippen LogP contribution in [0.4, 0.5) is 10.1 Å². The first kappa shape index (κ1) is 12.6. The normalized spacial score (nSPS) is 28.7. The van der Waals surface area contributed by atoms with Crippen molar-refractivity contribution in [3.63, 3.8) is 0 Å². The quantitative estimate of drug-likeness (QED) is 0.878. The maximum absolute atomic E-state index is 14.9. The fourth-order valence-electron chi connectivity index (χ4n) is 3.30. The largest absolute Gasteiger partial charge is 0.384 e. The standard InChI is InChI=1S/C15H20FN3/c1-18-8-6-10-4-5-11-12-3-2-7-15(12,16)14(17)19-13(11)9-10/h4-5,9,12,18H,2-3,6-8H2,1H3,(H2,17,19)/t12-,15+/m1/s1. The number of likely N-dealkylation sites (N-methyl/N-ethyl adjacent to an activating group) is 1. The zero-order valence-corrected chi connectivity index (χ0v) is 11.2. The van der Waals surface area contributed by atoms with E-state index in [0.29, 0.717) is 6.42 Å². The highest BCUT2D eigenvalue weighted by Crippen LogP contribution is 2.51. The Balaban J connectivity index is 1.99. The van der Waals surface area contributed by atoms with Gasteiger partial charge in [-0.3, -0.25) is 0 Å². The molecule has 1 aromatic carbocycles. The Hall–Kier alpha value is -1.42. The molecule has 1 heterocycles. The summed E-state index contributed by atoms with van der Waals surface area (Å²) in [6, 6.07) is 6.18. The highest BCUT2D eigenvalue weighted by atomic mass is 19.1. The Labute approximate surface area is 113 Å². The molecular weight excluding hydrogens is 241 g/mol. The van der Waals surface area contributed by atoms with E-state index in [4.69, 9.17) is 5.73 Å². The van der Waals surface area contributed by atoms with E-state index >= 15 is 0 Å². The fraction of sp³-hybridized carbons (Fsp3) is 0.533. The van der Waals surface area contributed by atoms with Crippen LogP contribution in [0.3, 0.4) is 0 Å². The minimum absolute atomic E-state index is 0.0987. The van der Waals surface area contributed by atoms with Crippen molar-refractivity contribution in [3.05, 3.63) is 29.3 Å². The molecule has 0 unspecified atom stereocenters. The average molecular weight is 261 g/mol. The lowest BCUT2D eigenvalue weighted by atomic mass is 9.82. The van der Waals surface area contributed by atoms with Crippen LogP contribution in [-0.4, -0.2) is 25.1 Å². The van der Waals surface area contributed by atoms with Gasteiger partial charge in [0.1, 0.15) is 5.84 Å². The molecule has 1 fully saturated rings. The monoisotopic (exact) mass is 261 g/mol. The number of aliphatic imine (C=N–C) groups is 1. The molecule has 0 radical (unpaired) electrons. The summed E-state index contributed by atoms with van der Waals surface area (Å²) in [5.41, 5.74) is 7.59. The molecule has 0 aromatic heterocycles. The first-order valence-electron chi connectivity index (χ1n) is 6.96. The van der Waals surface area contributed by atoms with Gasteiger partial charge >= 0.3 is 0 Å². The summed E-state index contributed by atoms with van der Waals surface area (Å²) in [4.78, 5) is 4.33. The zero-order chi connectivity index (χ0) is 13.5. The molecule has 3 rings (SSSR count). The zero-order valence-electron chi connectivity index (χ0n) is 11.2. The van der Waals surface area contributed by atoms with Crippen LogP contribution in [0.5, 0.6) is 0 Å². The second-order valence-electron chi connectivity index (χ2n) is 5.55. The minimum Gasteiger partial charge on any atom is -0.384 e. The number of fused-ring (bicyclic) bond motifs is 3. The van der Waals surface area contributed by atoms with Crippen molar-refractivity contribution in [3.8, 4) is 0 Å². The highest BCUT2D eigenvalue weighted by molar-refractivity contribution is 5.95. The van der Waals surface area contributed by atoms with E-state index in [0.717, 1.165) is 37.1 Å². The van der Waals surface area contributed by atoms with Crippen LogP contribution < -0.4 is 11.1 Å². The molecule has 0 saturated heterocycles. The first-order valence-corrected chi connectivity index (χ1v) is 6.96. The lowest BCUT2D eigenvalue weighted by Crippen LogP contribution is -2.43. The number of hydrogen-bond acceptors (Lipinski definition) is 3. The lowest BCUT2D eigenvalue weighted by molar-refractivity contribution is 0.232. The van der Waals surface area contributed by atoms with Gasteiger partial charge in [-0.2, -0.15) is 0 Å². The lowest BCUT2D eigenvalue weighted by Gasteiger charge is -2.32. The van der Waals surface area contributed by atoms with Crippen molar-refractivity contribution in [2.24, 2.45) is 10.7 Å². The number of hydrogen-bond donors (Lipinski definition) is 2. The van der Waals surface area contributed by atoms with E-state index in [1.807, 2.05) is 13.1 Å². The van der Waals surface area contributed by atoms with E-state index in [-0.39, 0.29) is 11.8 Å². The Morgan fingerprint density at radius 2 is 2.37 bits per heavy atom. The number of nitrogens with two attached hydrogens (primary N) is 1. The molecule has 2 atom stereocenters. The molecule has 19 heavy (non-hydrogen) atoms. The predicted molar refractivity (Wildman–Crippen MR) is 75.8 cm³/mol. The van der Waals surface area contributed by atoms with E-state index in [9.17, 15) is 4.39 Å². The number of alkyl halides is 1. The maximum atomic E-state index is 14.9. The van der Waals surface area contributed by atoms with Crippen LogP contribution in [0.15, 0.2) is 23.2 Å². The molecule has 0 spiro atoms. The summed E-state index contributed by atoms with van der Waals surface area (Å²) in [7, 11) is 1.94. The second-order valence-corrected chi connectivity index (χ2v) is 5.55. The fourth-order valence-corrected chi connectivity index (χ4v) is 3.30. The van der Waals surface area contributed by atoms with E-state index < -0.39 is 5.67 Å². The van der Waals surface area contributed by atoms with Gasteiger partial charge < -0.3 is 11.1 Å². The molecule has 1 aromatic rings. The second kappa shape index (κ2) is 4.60. The number of amidine groups is 1. The van der Waals surface area contributed by atoms with Crippen LogP contribution in [0.2, 0.25) is 0 Å². The summed E-state index contributed by atoms with van der Waals surface area (Å²) in [6.45, 7) is 0.925. The maximum Gasteiger partial charge on any atom is 0.174 e. The first-order chi connectivity index (χ1) is 9.15. The molecular formula is C15H20FN3. The molecule has 0 amide bonds. The third-order valence-corrected chi connectivity index (χ3v) is 4.39. The van der Waals surface area contributed by atoms with Crippen LogP contribution in [0.1, 0.15) is 36.3 Å². The number of benzene rings is 1. The Morgan fingerprint density at radius 3 is 3.16 bits per heavy atom. The van der Waals surface area contributed by atoms with Crippen LogP contribution in [0.25, 0.3) is 0 Å². The molecule has 102 valence electrons. The summed E-state index contributed by atoms with van der Waals surface area (Å²) >= 11 is 0. The Morgan fingerprint density at radius 1 is 1.53 bits per heavy atom. The topological polar surface area (TPSA) is 50.4 Å². The number of nitrogens with zero attached hydrogens (tertiary/aromatic N) is 1. The predicted octanol–water partition coefficient (Wildman–Crippen LogP) is 2.43. The average Bonchev–Trinajstić information content (AvgIpc) is 2.80.